The molecule has 13 heteroatoms. The number of aromatic nitrogens is 4. The van der Waals surface area contributed by atoms with E-state index in [1.165, 1.54) is 0 Å². The smallest absolute Gasteiger partial charge is 0.291 e. The molecule has 2 aromatic carbocycles. The maximum absolute atomic E-state index is 13.4. The Balaban J connectivity index is 1.25. The number of nitrogens with one attached hydrogen (secondary N) is 2. The summed E-state index contributed by atoms with van der Waals surface area (Å²) in [6, 6.07) is 12.6. The van der Waals surface area contributed by atoms with Crippen molar-refractivity contribution >= 4 is 34.8 Å². The van der Waals surface area contributed by atoms with Crippen molar-refractivity contribution in [3.8, 4) is 17.2 Å². The first kappa shape index (κ1) is 30.5. The van der Waals surface area contributed by atoms with E-state index in [-0.39, 0.29) is 28.8 Å². The molecule has 0 bridgehead atoms. The van der Waals surface area contributed by atoms with Crippen molar-refractivity contribution in [3.05, 3.63) is 81.4 Å². The zero-order chi connectivity index (χ0) is 31.8. The molecule has 4 aromatic rings. The van der Waals surface area contributed by atoms with Crippen LogP contribution in [0.2, 0.25) is 5.02 Å². The van der Waals surface area contributed by atoms with Gasteiger partial charge in [-0.15, -0.1) is 0 Å². The van der Waals surface area contributed by atoms with Gasteiger partial charge in [0.25, 0.3) is 11.8 Å². The highest BCUT2D eigenvalue weighted by Gasteiger charge is 2.27. The van der Waals surface area contributed by atoms with Gasteiger partial charge in [-0.2, -0.15) is 5.26 Å². The summed E-state index contributed by atoms with van der Waals surface area (Å²) in [4.78, 5) is 40.2. The van der Waals surface area contributed by atoms with E-state index < -0.39 is 11.8 Å². The van der Waals surface area contributed by atoms with Gasteiger partial charge in [-0.25, -0.2) is 9.97 Å². The molecule has 232 valence electrons. The van der Waals surface area contributed by atoms with Crippen LogP contribution in [0.3, 0.4) is 0 Å². The van der Waals surface area contributed by atoms with Gasteiger partial charge in [0.15, 0.2) is 11.6 Å². The number of aliphatic hydroxyl groups is 1. The van der Waals surface area contributed by atoms with Crippen molar-refractivity contribution in [1.29, 1.82) is 5.26 Å². The standard InChI is InChI=1S/C32H34ClN9O3/c1-39-12-10-26-24(17-39)35-29(40(26)2)31(44)37-22-8-4-6-19(21(22)16-34)20-7-5-9-23(28(20)33)38-32(45)30-36-25-18-42(14-15-43)13-11-27(25)41(30)3/h4-9,43H,10-15,17-18H2,1-3H3,(H,37,44)(H,38,45). The molecule has 0 saturated heterocycles. The average molecular weight is 628 g/mol. The van der Waals surface area contributed by atoms with E-state index in [4.69, 9.17) is 11.6 Å². The number of halogens is 1. The van der Waals surface area contributed by atoms with Crippen LogP contribution in [-0.2, 0) is 40.0 Å². The largest absolute Gasteiger partial charge is 0.395 e. The van der Waals surface area contributed by atoms with Crippen molar-refractivity contribution in [2.75, 3.05) is 43.9 Å². The number of nitriles is 1. The first-order chi connectivity index (χ1) is 21.7. The van der Waals surface area contributed by atoms with Gasteiger partial charge in [-0.05, 0) is 19.2 Å². The van der Waals surface area contributed by atoms with Crippen molar-refractivity contribution in [2.24, 2.45) is 14.1 Å². The number of fused-ring (bicyclic) bond motifs is 2. The van der Waals surface area contributed by atoms with E-state index >= 15 is 0 Å². The van der Waals surface area contributed by atoms with Crippen LogP contribution in [0.5, 0.6) is 0 Å². The molecule has 2 amide bonds. The molecule has 6 rings (SSSR count). The second-order valence-corrected chi connectivity index (χ2v) is 11.8. The molecule has 0 unspecified atom stereocenters. The van der Waals surface area contributed by atoms with E-state index in [2.05, 4.69) is 36.5 Å². The highest BCUT2D eigenvalue weighted by Crippen LogP contribution is 2.38. The van der Waals surface area contributed by atoms with Crippen LogP contribution >= 0.6 is 11.6 Å². The van der Waals surface area contributed by atoms with Crippen molar-refractivity contribution in [3.63, 3.8) is 0 Å². The maximum Gasteiger partial charge on any atom is 0.291 e. The second-order valence-electron chi connectivity index (χ2n) is 11.4. The van der Waals surface area contributed by atoms with Crippen LogP contribution in [0.25, 0.3) is 11.1 Å². The Morgan fingerprint density at radius 3 is 2.11 bits per heavy atom. The third kappa shape index (κ3) is 5.71. The topological polar surface area (TPSA) is 144 Å². The molecule has 0 atom stereocenters. The number of carbonyl (C=O) groups is 2. The zero-order valence-electron chi connectivity index (χ0n) is 25.4. The second kappa shape index (κ2) is 12.5. The van der Waals surface area contributed by atoms with E-state index in [1.807, 2.05) is 25.7 Å². The number of β-amino-alcohol motifs (C(OH)–C–C–N with tert-alkyl or cyclic N) is 1. The number of aliphatic hydroxyl groups excluding tert-OH is 1. The van der Waals surface area contributed by atoms with Gasteiger partial charge in [-0.3, -0.25) is 14.5 Å². The molecule has 0 spiro atoms. The van der Waals surface area contributed by atoms with Gasteiger partial charge in [0.2, 0.25) is 0 Å². The number of hydrogen-bond acceptors (Lipinski definition) is 8. The Morgan fingerprint density at radius 2 is 1.47 bits per heavy atom. The lowest BCUT2D eigenvalue weighted by Gasteiger charge is -2.25. The fraction of sp³-hybridized carbons (Fsp3) is 0.344. The van der Waals surface area contributed by atoms with Crippen LogP contribution in [0.1, 0.15) is 49.6 Å². The van der Waals surface area contributed by atoms with Crippen LogP contribution in [0, 0.1) is 11.3 Å². The number of benzene rings is 2. The number of anilines is 2. The minimum atomic E-state index is -0.412. The monoisotopic (exact) mass is 627 g/mol. The summed E-state index contributed by atoms with van der Waals surface area (Å²) in [5.74, 6) is -0.278. The lowest BCUT2D eigenvalue weighted by Crippen LogP contribution is -2.33. The van der Waals surface area contributed by atoms with Gasteiger partial charge in [0.1, 0.15) is 6.07 Å². The molecule has 12 nitrogen and oxygen atoms in total. The summed E-state index contributed by atoms with van der Waals surface area (Å²) in [7, 11) is 5.67. The van der Waals surface area contributed by atoms with Gasteiger partial charge in [-0.1, -0.05) is 35.9 Å². The Bertz CT molecular complexity index is 1850. The van der Waals surface area contributed by atoms with Gasteiger partial charge >= 0.3 is 0 Å². The Hall–Kier alpha value is -4.54. The number of imidazole rings is 2. The number of rotatable bonds is 7. The number of hydrogen-bond donors (Lipinski definition) is 3. The SMILES string of the molecule is CN1CCc2c(nc(C(=O)Nc3cccc(-c4cccc(NC(=O)c5nc6c(n5C)CCN(CCO)C6)c4Cl)c3C#N)n2C)C1. The fourth-order valence-corrected chi connectivity index (χ4v) is 6.45. The fourth-order valence-electron chi connectivity index (χ4n) is 6.17. The molecule has 2 aliphatic rings. The first-order valence-corrected chi connectivity index (χ1v) is 15.1. The Morgan fingerprint density at radius 1 is 0.889 bits per heavy atom. The molecule has 0 radical (unpaired) electrons. The third-order valence-electron chi connectivity index (χ3n) is 8.57. The summed E-state index contributed by atoms with van der Waals surface area (Å²) in [5, 5.41) is 25.5. The zero-order valence-corrected chi connectivity index (χ0v) is 26.1. The van der Waals surface area contributed by atoms with Crippen molar-refractivity contribution in [1.82, 2.24) is 28.9 Å². The van der Waals surface area contributed by atoms with Gasteiger partial charge in [0, 0.05) is 82.2 Å². The van der Waals surface area contributed by atoms with E-state index in [0.29, 0.717) is 42.1 Å². The summed E-state index contributed by atoms with van der Waals surface area (Å²) < 4.78 is 3.62. The third-order valence-corrected chi connectivity index (χ3v) is 8.97. The van der Waals surface area contributed by atoms with Crippen molar-refractivity contribution in [2.45, 2.75) is 25.9 Å². The Kier molecular flexibility index (Phi) is 8.44. The van der Waals surface area contributed by atoms with E-state index in [1.54, 1.807) is 41.0 Å². The summed E-state index contributed by atoms with van der Waals surface area (Å²) >= 11 is 6.86. The molecule has 2 aromatic heterocycles. The van der Waals surface area contributed by atoms with Crippen LogP contribution in [0.15, 0.2) is 36.4 Å². The number of likely N-dealkylation sites (N-methyl/N-ethyl adjacent to an activating group) is 1. The maximum atomic E-state index is 13.4. The lowest BCUT2D eigenvalue weighted by molar-refractivity contribution is 0.100. The molecule has 0 saturated carbocycles. The summed E-state index contributed by atoms with van der Waals surface area (Å²) in [6.45, 7) is 3.53. The van der Waals surface area contributed by atoms with E-state index in [0.717, 1.165) is 48.7 Å². The molecule has 0 fully saturated rings. The predicted molar refractivity (Wildman–Crippen MR) is 170 cm³/mol. The molecule has 3 N–H and O–H groups in total. The minimum Gasteiger partial charge on any atom is -0.395 e. The predicted octanol–water partition coefficient (Wildman–Crippen LogP) is 3.19. The quantitative estimate of drug-likeness (QED) is 0.283. The minimum absolute atomic E-state index is 0.0664. The van der Waals surface area contributed by atoms with Crippen LogP contribution < -0.4 is 10.6 Å². The highest BCUT2D eigenvalue weighted by molar-refractivity contribution is 6.36. The van der Waals surface area contributed by atoms with Gasteiger partial charge in [0.05, 0.1) is 40.0 Å². The molecule has 4 heterocycles. The number of carbonyl (C=O) groups excluding carboxylic acids is 2. The highest BCUT2D eigenvalue weighted by atomic mass is 35.5. The van der Waals surface area contributed by atoms with Crippen LogP contribution in [-0.4, -0.2) is 79.1 Å². The summed E-state index contributed by atoms with van der Waals surface area (Å²) in [6.07, 6.45) is 1.53. The molecular weight excluding hydrogens is 594 g/mol. The molecular formula is C32H34ClN9O3. The molecule has 0 aliphatic carbocycles. The van der Waals surface area contributed by atoms with Gasteiger partial charge < -0.3 is 29.8 Å². The molecule has 2 aliphatic heterocycles. The first-order valence-electron chi connectivity index (χ1n) is 14.8. The average Bonchev–Trinajstić information content (AvgIpc) is 3.53. The van der Waals surface area contributed by atoms with Crippen LogP contribution in [0.4, 0.5) is 11.4 Å². The summed E-state index contributed by atoms with van der Waals surface area (Å²) in [5.41, 5.74) is 5.69. The lowest BCUT2D eigenvalue weighted by atomic mass is 9.98. The normalized spacial score (nSPS) is 14.8. The van der Waals surface area contributed by atoms with E-state index in [9.17, 15) is 20.0 Å². The number of amides is 2. The number of nitrogens with zero attached hydrogens (tertiary/aromatic N) is 7. The molecule has 45 heavy (non-hydrogen) atoms. The Labute approximate surface area is 265 Å². The van der Waals surface area contributed by atoms with Crippen molar-refractivity contribution < 1.29 is 14.7 Å².